The minimum atomic E-state index is -0.759. The van der Waals surface area contributed by atoms with Crippen molar-refractivity contribution in [2.24, 2.45) is 5.92 Å². The largest absolute Gasteiger partial charge is 0.385 e. The van der Waals surface area contributed by atoms with E-state index in [2.05, 4.69) is 15.6 Å². The maximum Gasteiger partial charge on any atom is 0.245 e. The van der Waals surface area contributed by atoms with E-state index in [-0.39, 0.29) is 30.2 Å². The topological polar surface area (TPSA) is 104 Å². The highest BCUT2D eigenvalue weighted by atomic mass is 16.5. The van der Waals surface area contributed by atoms with E-state index in [0.29, 0.717) is 26.0 Å². The highest BCUT2D eigenvalue weighted by Crippen LogP contribution is 2.19. The van der Waals surface area contributed by atoms with E-state index < -0.39 is 6.04 Å². The van der Waals surface area contributed by atoms with Crippen LogP contribution in [-0.4, -0.2) is 67.5 Å². The summed E-state index contributed by atoms with van der Waals surface area (Å²) in [6.07, 6.45) is 2.89. The van der Waals surface area contributed by atoms with Crippen LogP contribution in [0.3, 0.4) is 0 Å². The standard InChI is InChI=1S/C22H32N4O4/c1-15(2)21(28)25-19(12-16-13-24-18-9-6-5-8-17(16)18)22(29)26(3)14-20(27)23-10-7-11-30-4/h5-6,8-9,13,15,19,24H,7,10-12,14H2,1-4H3,(H,23,27)(H,25,28). The minimum Gasteiger partial charge on any atom is -0.385 e. The number of ether oxygens (including phenoxy) is 1. The predicted molar refractivity (Wildman–Crippen MR) is 116 cm³/mol. The first-order chi connectivity index (χ1) is 14.3. The maximum absolute atomic E-state index is 13.1. The van der Waals surface area contributed by atoms with Gasteiger partial charge in [-0.1, -0.05) is 32.0 Å². The van der Waals surface area contributed by atoms with Crippen LogP contribution < -0.4 is 10.6 Å². The van der Waals surface area contributed by atoms with Crippen molar-refractivity contribution in [3.63, 3.8) is 0 Å². The van der Waals surface area contributed by atoms with Crippen molar-refractivity contribution in [3.05, 3.63) is 36.0 Å². The van der Waals surface area contributed by atoms with Crippen LogP contribution in [0.1, 0.15) is 25.8 Å². The molecule has 2 aromatic rings. The van der Waals surface area contributed by atoms with Crippen molar-refractivity contribution in [1.29, 1.82) is 0 Å². The van der Waals surface area contributed by atoms with Gasteiger partial charge in [-0.3, -0.25) is 14.4 Å². The normalized spacial score (nSPS) is 12.0. The number of benzene rings is 1. The molecule has 0 fully saturated rings. The van der Waals surface area contributed by atoms with Crippen LogP contribution in [0.15, 0.2) is 30.5 Å². The minimum absolute atomic E-state index is 0.0756. The Morgan fingerprint density at radius 1 is 1.20 bits per heavy atom. The number of likely N-dealkylation sites (N-methyl/N-ethyl adjacent to an activating group) is 1. The third kappa shape index (κ3) is 6.59. The molecule has 2 rings (SSSR count). The van der Waals surface area contributed by atoms with Gasteiger partial charge in [0.25, 0.3) is 0 Å². The molecule has 0 aliphatic heterocycles. The Kier molecular flexibility index (Phi) is 8.86. The average molecular weight is 417 g/mol. The number of methoxy groups -OCH3 is 1. The number of aromatic nitrogens is 1. The molecule has 0 saturated heterocycles. The summed E-state index contributed by atoms with van der Waals surface area (Å²) in [4.78, 5) is 42.1. The van der Waals surface area contributed by atoms with E-state index in [0.717, 1.165) is 16.5 Å². The zero-order valence-electron chi connectivity index (χ0n) is 18.2. The number of aromatic amines is 1. The first-order valence-electron chi connectivity index (χ1n) is 10.2. The molecular formula is C22H32N4O4. The fourth-order valence-electron chi connectivity index (χ4n) is 3.12. The molecule has 0 spiro atoms. The third-order valence-corrected chi connectivity index (χ3v) is 4.84. The second kappa shape index (κ2) is 11.3. The Morgan fingerprint density at radius 3 is 2.63 bits per heavy atom. The zero-order valence-corrected chi connectivity index (χ0v) is 18.2. The van der Waals surface area contributed by atoms with E-state index in [1.165, 1.54) is 4.90 Å². The Labute approximate surface area is 177 Å². The first-order valence-corrected chi connectivity index (χ1v) is 10.2. The number of nitrogens with one attached hydrogen (secondary N) is 3. The van der Waals surface area contributed by atoms with Crippen LogP contribution in [0.2, 0.25) is 0 Å². The number of nitrogens with zero attached hydrogens (tertiary/aromatic N) is 1. The number of rotatable bonds is 11. The van der Waals surface area contributed by atoms with Crippen molar-refractivity contribution in [3.8, 4) is 0 Å². The Morgan fingerprint density at radius 2 is 1.93 bits per heavy atom. The fourth-order valence-corrected chi connectivity index (χ4v) is 3.12. The number of fused-ring (bicyclic) bond motifs is 1. The molecule has 0 radical (unpaired) electrons. The molecule has 1 heterocycles. The fraction of sp³-hybridized carbons (Fsp3) is 0.500. The highest BCUT2D eigenvalue weighted by molar-refractivity contribution is 5.92. The lowest BCUT2D eigenvalue weighted by atomic mass is 10.0. The van der Waals surface area contributed by atoms with Gasteiger partial charge >= 0.3 is 0 Å². The van der Waals surface area contributed by atoms with E-state index in [9.17, 15) is 14.4 Å². The van der Waals surface area contributed by atoms with Crippen molar-refractivity contribution < 1.29 is 19.1 Å². The molecule has 0 aliphatic carbocycles. The van der Waals surface area contributed by atoms with Crippen molar-refractivity contribution in [2.75, 3.05) is 33.9 Å². The summed E-state index contributed by atoms with van der Waals surface area (Å²) in [5.41, 5.74) is 1.91. The molecule has 3 amide bonds. The molecule has 1 unspecified atom stereocenters. The summed E-state index contributed by atoms with van der Waals surface area (Å²) >= 11 is 0. The number of carbonyl (C=O) groups is 3. The molecule has 0 bridgehead atoms. The summed E-state index contributed by atoms with van der Waals surface area (Å²) in [6, 6.07) is 7.05. The number of carbonyl (C=O) groups excluding carboxylic acids is 3. The summed E-state index contributed by atoms with van der Waals surface area (Å²) in [7, 11) is 3.17. The van der Waals surface area contributed by atoms with Crippen LogP contribution >= 0.6 is 0 Å². The average Bonchev–Trinajstić information content (AvgIpc) is 3.13. The molecule has 30 heavy (non-hydrogen) atoms. The highest BCUT2D eigenvalue weighted by Gasteiger charge is 2.27. The summed E-state index contributed by atoms with van der Waals surface area (Å²) in [5, 5.41) is 6.61. The SMILES string of the molecule is COCCCNC(=O)CN(C)C(=O)C(Cc1c[nH]c2ccccc12)NC(=O)C(C)C. The van der Waals surface area contributed by atoms with Gasteiger partial charge in [0, 0.05) is 56.7 Å². The van der Waals surface area contributed by atoms with Gasteiger partial charge in [0.05, 0.1) is 6.54 Å². The summed E-state index contributed by atoms with van der Waals surface area (Å²) in [5.74, 6) is -1.01. The van der Waals surface area contributed by atoms with Crippen LogP contribution in [0, 0.1) is 5.92 Å². The number of para-hydroxylation sites is 1. The van der Waals surface area contributed by atoms with Crippen LogP contribution in [0.25, 0.3) is 10.9 Å². The van der Waals surface area contributed by atoms with Crippen molar-refractivity contribution in [2.45, 2.75) is 32.7 Å². The molecule has 8 heteroatoms. The summed E-state index contributed by atoms with van der Waals surface area (Å²) < 4.78 is 4.95. The first kappa shape index (κ1) is 23.4. The van der Waals surface area contributed by atoms with Gasteiger partial charge in [-0.15, -0.1) is 0 Å². The van der Waals surface area contributed by atoms with Gasteiger partial charge < -0.3 is 25.3 Å². The van der Waals surface area contributed by atoms with Gasteiger partial charge in [0.1, 0.15) is 6.04 Å². The molecule has 0 aliphatic rings. The van der Waals surface area contributed by atoms with Gasteiger partial charge in [0.2, 0.25) is 17.7 Å². The van der Waals surface area contributed by atoms with Crippen molar-refractivity contribution in [1.82, 2.24) is 20.5 Å². The molecule has 1 aromatic heterocycles. The number of H-pyrrole nitrogens is 1. The molecular weight excluding hydrogens is 384 g/mol. The van der Waals surface area contributed by atoms with Crippen LogP contribution in [0.5, 0.6) is 0 Å². The van der Waals surface area contributed by atoms with Crippen LogP contribution in [0.4, 0.5) is 0 Å². The molecule has 1 atom stereocenters. The lowest BCUT2D eigenvalue weighted by Crippen LogP contribution is -2.51. The predicted octanol–water partition coefficient (Wildman–Crippen LogP) is 1.46. The second-order valence-corrected chi connectivity index (χ2v) is 7.67. The van der Waals surface area contributed by atoms with Gasteiger partial charge in [-0.05, 0) is 18.1 Å². The Balaban J connectivity index is 2.08. The quantitative estimate of drug-likeness (QED) is 0.483. The third-order valence-electron chi connectivity index (χ3n) is 4.84. The summed E-state index contributed by atoms with van der Waals surface area (Å²) in [6.45, 7) is 4.52. The zero-order chi connectivity index (χ0) is 22.1. The van der Waals surface area contributed by atoms with E-state index >= 15 is 0 Å². The Hall–Kier alpha value is -2.87. The second-order valence-electron chi connectivity index (χ2n) is 7.67. The molecule has 0 saturated carbocycles. The number of amides is 3. The number of hydrogen-bond acceptors (Lipinski definition) is 4. The number of hydrogen-bond donors (Lipinski definition) is 3. The molecule has 3 N–H and O–H groups in total. The van der Waals surface area contributed by atoms with E-state index in [1.807, 2.05) is 30.5 Å². The molecule has 8 nitrogen and oxygen atoms in total. The lowest BCUT2D eigenvalue weighted by Gasteiger charge is -2.25. The van der Waals surface area contributed by atoms with Crippen LogP contribution in [-0.2, 0) is 25.5 Å². The van der Waals surface area contributed by atoms with Gasteiger partial charge in [-0.2, -0.15) is 0 Å². The lowest BCUT2D eigenvalue weighted by molar-refractivity contribution is -0.138. The van der Waals surface area contributed by atoms with Gasteiger partial charge in [-0.25, -0.2) is 0 Å². The smallest absolute Gasteiger partial charge is 0.245 e. The van der Waals surface area contributed by atoms with E-state index in [1.54, 1.807) is 28.0 Å². The van der Waals surface area contributed by atoms with Gasteiger partial charge in [0.15, 0.2) is 0 Å². The van der Waals surface area contributed by atoms with Crippen molar-refractivity contribution >= 4 is 28.6 Å². The molecule has 1 aromatic carbocycles. The maximum atomic E-state index is 13.1. The van der Waals surface area contributed by atoms with E-state index in [4.69, 9.17) is 4.74 Å². The Bertz CT molecular complexity index is 862. The monoisotopic (exact) mass is 416 g/mol. The molecule has 164 valence electrons.